The zero-order chi connectivity index (χ0) is 11.0. The summed E-state index contributed by atoms with van der Waals surface area (Å²) in [5.41, 5.74) is 0.476. The number of hydrogen-bond donors (Lipinski definition) is 1. The zero-order valence-corrected chi connectivity index (χ0v) is 9.35. The van der Waals surface area contributed by atoms with Crippen LogP contribution in [0.15, 0.2) is 22.9 Å². The highest BCUT2D eigenvalue weighted by molar-refractivity contribution is 9.10. The van der Waals surface area contributed by atoms with Crippen molar-refractivity contribution in [1.82, 2.24) is 9.38 Å². The number of aromatic nitrogens is 2. The van der Waals surface area contributed by atoms with Gasteiger partial charge in [-0.15, -0.1) is 0 Å². The summed E-state index contributed by atoms with van der Waals surface area (Å²) < 4.78 is 7.49. The van der Waals surface area contributed by atoms with Gasteiger partial charge in [-0.25, -0.2) is 9.78 Å². The van der Waals surface area contributed by atoms with E-state index < -0.39 is 5.97 Å². The fourth-order valence-corrected chi connectivity index (χ4v) is 1.72. The number of fused-ring (bicyclic) bond motifs is 1. The SMILES string of the molecule is COc1cc(Br)cn2cc(C(=O)O)nc12. The first-order chi connectivity index (χ1) is 7.11. The van der Waals surface area contributed by atoms with Crippen molar-refractivity contribution in [3.8, 4) is 5.75 Å². The third kappa shape index (κ3) is 1.68. The molecule has 2 aromatic heterocycles. The Labute approximate surface area is 93.4 Å². The van der Waals surface area contributed by atoms with Crippen LogP contribution in [0.25, 0.3) is 5.65 Å². The lowest BCUT2D eigenvalue weighted by Gasteiger charge is -2.02. The maximum atomic E-state index is 10.7. The molecule has 0 saturated heterocycles. The molecule has 5 nitrogen and oxygen atoms in total. The molecule has 0 atom stereocenters. The quantitative estimate of drug-likeness (QED) is 0.904. The van der Waals surface area contributed by atoms with Crippen LogP contribution in [0.4, 0.5) is 0 Å². The number of ether oxygens (including phenoxy) is 1. The Bertz CT molecular complexity index is 535. The van der Waals surface area contributed by atoms with Crippen molar-refractivity contribution in [1.29, 1.82) is 0 Å². The largest absolute Gasteiger partial charge is 0.493 e. The molecule has 0 unspecified atom stereocenters. The number of pyridine rings is 1. The van der Waals surface area contributed by atoms with E-state index in [0.717, 1.165) is 4.47 Å². The molecule has 2 heterocycles. The first kappa shape index (κ1) is 9.97. The van der Waals surface area contributed by atoms with Gasteiger partial charge in [-0.1, -0.05) is 0 Å². The lowest BCUT2D eigenvalue weighted by Crippen LogP contribution is -1.95. The Balaban J connectivity index is 2.74. The van der Waals surface area contributed by atoms with E-state index >= 15 is 0 Å². The average Bonchev–Trinajstić information content (AvgIpc) is 2.59. The van der Waals surface area contributed by atoms with Gasteiger partial charge < -0.3 is 14.2 Å². The first-order valence-corrected chi connectivity index (χ1v) is 4.86. The van der Waals surface area contributed by atoms with Gasteiger partial charge in [0.25, 0.3) is 0 Å². The fraction of sp³-hybridized carbons (Fsp3) is 0.111. The van der Waals surface area contributed by atoms with Gasteiger partial charge in [0, 0.05) is 16.9 Å². The molecule has 0 bridgehead atoms. The van der Waals surface area contributed by atoms with Gasteiger partial charge in [-0.3, -0.25) is 0 Å². The van der Waals surface area contributed by atoms with Crippen molar-refractivity contribution < 1.29 is 14.6 Å². The third-order valence-electron chi connectivity index (χ3n) is 1.92. The van der Waals surface area contributed by atoms with Gasteiger partial charge in [0.05, 0.1) is 7.11 Å². The molecule has 0 aliphatic carbocycles. The summed E-state index contributed by atoms with van der Waals surface area (Å²) in [5.74, 6) is -0.534. The Morgan fingerprint density at radius 2 is 2.33 bits per heavy atom. The Morgan fingerprint density at radius 1 is 1.60 bits per heavy atom. The Hall–Kier alpha value is -1.56. The van der Waals surface area contributed by atoms with E-state index in [2.05, 4.69) is 20.9 Å². The third-order valence-corrected chi connectivity index (χ3v) is 2.36. The lowest BCUT2D eigenvalue weighted by molar-refractivity contribution is 0.0691. The summed E-state index contributed by atoms with van der Waals surface area (Å²) in [6.45, 7) is 0. The second kappa shape index (κ2) is 3.54. The van der Waals surface area contributed by atoms with Crippen LogP contribution >= 0.6 is 15.9 Å². The van der Waals surface area contributed by atoms with Crippen LogP contribution < -0.4 is 4.74 Å². The van der Waals surface area contributed by atoms with E-state index in [-0.39, 0.29) is 5.69 Å². The number of carboxylic acids is 1. The number of imidazole rings is 1. The maximum absolute atomic E-state index is 10.7. The number of halogens is 1. The predicted octanol–water partition coefficient (Wildman–Crippen LogP) is 1.80. The van der Waals surface area contributed by atoms with Crippen molar-refractivity contribution in [2.24, 2.45) is 0 Å². The van der Waals surface area contributed by atoms with E-state index in [9.17, 15) is 4.79 Å². The molecule has 0 amide bonds. The molecule has 0 aromatic carbocycles. The number of carboxylic acid groups (broad SMARTS) is 1. The van der Waals surface area contributed by atoms with Gasteiger partial charge in [-0.2, -0.15) is 0 Å². The summed E-state index contributed by atoms with van der Waals surface area (Å²) >= 11 is 3.29. The van der Waals surface area contributed by atoms with Crippen LogP contribution in [0.3, 0.4) is 0 Å². The van der Waals surface area contributed by atoms with Crippen molar-refractivity contribution in [2.45, 2.75) is 0 Å². The van der Waals surface area contributed by atoms with Crippen LogP contribution in [0.2, 0.25) is 0 Å². The van der Waals surface area contributed by atoms with Crippen molar-refractivity contribution in [2.75, 3.05) is 7.11 Å². The second-order valence-corrected chi connectivity index (χ2v) is 3.80. The topological polar surface area (TPSA) is 63.8 Å². The van der Waals surface area contributed by atoms with Crippen LogP contribution in [0.5, 0.6) is 5.75 Å². The van der Waals surface area contributed by atoms with Crippen molar-refractivity contribution >= 4 is 27.5 Å². The van der Waals surface area contributed by atoms with E-state index in [4.69, 9.17) is 9.84 Å². The molecule has 0 aliphatic heterocycles. The molecule has 0 saturated carbocycles. The molecule has 0 spiro atoms. The molecule has 1 N–H and O–H groups in total. The number of nitrogens with zero attached hydrogens (tertiary/aromatic N) is 2. The highest BCUT2D eigenvalue weighted by Gasteiger charge is 2.12. The van der Waals surface area contributed by atoms with E-state index in [1.54, 1.807) is 16.7 Å². The molecule has 0 radical (unpaired) electrons. The molecule has 15 heavy (non-hydrogen) atoms. The van der Waals surface area contributed by atoms with Crippen LogP contribution in [-0.2, 0) is 0 Å². The molecular weight excluding hydrogens is 264 g/mol. The Kier molecular flexibility index (Phi) is 2.36. The normalized spacial score (nSPS) is 10.5. The average molecular weight is 271 g/mol. The zero-order valence-electron chi connectivity index (χ0n) is 7.77. The second-order valence-electron chi connectivity index (χ2n) is 2.89. The standard InChI is InChI=1S/C9H7BrN2O3/c1-15-7-2-5(10)3-12-4-6(9(13)14)11-8(7)12/h2-4H,1H3,(H,13,14). The molecule has 6 heteroatoms. The van der Waals surface area contributed by atoms with Gasteiger partial charge >= 0.3 is 5.97 Å². The van der Waals surface area contributed by atoms with Gasteiger partial charge in [-0.05, 0) is 22.0 Å². The minimum Gasteiger partial charge on any atom is -0.493 e. The van der Waals surface area contributed by atoms with E-state index in [0.29, 0.717) is 11.4 Å². The van der Waals surface area contributed by atoms with Gasteiger partial charge in [0.15, 0.2) is 17.1 Å². The number of carbonyl (C=O) groups is 1. The summed E-state index contributed by atoms with van der Waals surface area (Å²) in [7, 11) is 1.51. The molecule has 2 aromatic rings. The smallest absolute Gasteiger partial charge is 0.356 e. The summed E-state index contributed by atoms with van der Waals surface area (Å²) in [5, 5.41) is 8.79. The fourth-order valence-electron chi connectivity index (χ4n) is 1.29. The van der Waals surface area contributed by atoms with Crippen molar-refractivity contribution in [3.63, 3.8) is 0 Å². The van der Waals surface area contributed by atoms with E-state index in [1.807, 2.05) is 0 Å². The lowest BCUT2D eigenvalue weighted by atomic mass is 10.4. The van der Waals surface area contributed by atoms with Gasteiger partial charge in [0.1, 0.15) is 0 Å². The number of methoxy groups -OCH3 is 1. The first-order valence-electron chi connectivity index (χ1n) is 4.07. The van der Waals surface area contributed by atoms with Crippen LogP contribution in [0, 0.1) is 0 Å². The maximum Gasteiger partial charge on any atom is 0.356 e. The van der Waals surface area contributed by atoms with Crippen LogP contribution in [-0.4, -0.2) is 27.6 Å². The summed E-state index contributed by atoms with van der Waals surface area (Å²) in [4.78, 5) is 14.7. The molecule has 2 rings (SSSR count). The van der Waals surface area contributed by atoms with E-state index in [1.165, 1.54) is 13.3 Å². The number of rotatable bonds is 2. The predicted molar refractivity (Wildman–Crippen MR) is 56.4 cm³/mol. The van der Waals surface area contributed by atoms with Gasteiger partial charge in [0.2, 0.25) is 0 Å². The molecule has 0 aliphatic rings. The molecule has 78 valence electrons. The summed E-state index contributed by atoms with van der Waals surface area (Å²) in [6.07, 6.45) is 3.16. The van der Waals surface area contributed by atoms with Crippen molar-refractivity contribution in [3.05, 3.63) is 28.6 Å². The summed E-state index contributed by atoms with van der Waals surface area (Å²) in [6, 6.07) is 1.73. The minimum atomic E-state index is -1.06. The highest BCUT2D eigenvalue weighted by Crippen LogP contribution is 2.23. The number of aromatic carboxylic acids is 1. The molecular formula is C9H7BrN2O3. The molecule has 0 fully saturated rings. The highest BCUT2D eigenvalue weighted by atomic mass is 79.9. The number of hydrogen-bond acceptors (Lipinski definition) is 3. The Morgan fingerprint density at radius 3 is 2.93 bits per heavy atom. The minimum absolute atomic E-state index is 0.00796. The monoisotopic (exact) mass is 270 g/mol. The van der Waals surface area contributed by atoms with Crippen LogP contribution in [0.1, 0.15) is 10.5 Å².